The van der Waals surface area contributed by atoms with Crippen molar-refractivity contribution >= 4 is 23.0 Å². The van der Waals surface area contributed by atoms with E-state index in [4.69, 9.17) is 4.98 Å². The number of nitrogens with zero attached hydrogens (tertiary/aromatic N) is 2. The second-order valence-electron chi connectivity index (χ2n) is 5.78. The SMILES string of the molecule is CC1(C)CCCN1c1nc2ccccc2cc1C=O. The number of aldehydes is 1. The van der Waals surface area contributed by atoms with E-state index < -0.39 is 0 Å². The van der Waals surface area contributed by atoms with Gasteiger partial charge in [0, 0.05) is 17.5 Å². The quantitative estimate of drug-likeness (QED) is 0.770. The van der Waals surface area contributed by atoms with Crippen molar-refractivity contribution in [1.29, 1.82) is 0 Å². The second-order valence-corrected chi connectivity index (χ2v) is 5.78. The molecule has 1 aromatic carbocycles. The lowest BCUT2D eigenvalue weighted by Gasteiger charge is -2.33. The largest absolute Gasteiger partial charge is 0.351 e. The van der Waals surface area contributed by atoms with E-state index in [1.165, 1.54) is 0 Å². The maximum atomic E-state index is 11.4. The van der Waals surface area contributed by atoms with Crippen LogP contribution < -0.4 is 4.90 Å². The van der Waals surface area contributed by atoms with Gasteiger partial charge < -0.3 is 4.90 Å². The maximum absolute atomic E-state index is 11.4. The minimum atomic E-state index is 0.0766. The summed E-state index contributed by atoms with van der Waals surface area (Å²) >= 11 is 0. The van der Waals surface area contributed by atoms with Crippen molar-refractivity contribution in [2.24, 2.45) is 0 Å². The fourth-order valence-electron chi connectivity index (χ4n) is 2.93. The molecule has 0 bridgehead atoms. The summed E-state index contributed by atoms with van der Waals surface area (Å²) in [7, 11) is 0. The molecule has 1 saturated heterocycles. The molecular weight excluding hydrogens is 236 g/mol. The Hall–Kier alpha value is -1.90. The zero-order valence-corrected chi connectivity index (χ0v) is 11.4. The van der Waals surface area contributed by atoms with Crippen LogP contribution in [0.1, 0.15) is 37.0 Å². The molecule has 19 heavy (non-hydrogen) atoms. The number of pyridine rings is 1. The molecule has 0 N–H and O–H groups in total. The van der Waals surface area contributed by atoms with Gasteiger partial charge in [0.15, 0.2) is 6.29 Å². The molecule has 0 saturated carbocycles. The van der Waals surface area contributed by atoms with Gasteiger partial charge in [-0.3, -0.25) is 4.79 Å². The number of anilines is 1. The molecule has 0 unspecified atom stereocenters. The first-order valence-corrected chi connectivity index (χ1v) is 6.74. The van der Waals surface area contributed by atoms with E-state index in [0.29, 0.717) is 5.56 Å². The smallest absolute Gasteiger partial charge is 0.153 e. The predicted molar refractivity (Wildman–Crippen MR) is 77.8 cm³/mol. The van der Waals surface area contributed by atoms with E-state index in [-0.39, 0.29) is 5.54 Å². The van der Waals surface area contributed by atoms with Crippen LogP contribution in [0.2, 0.25) is 0 Å². The number of para-hydroxylation sites is 1. The summed E-state index contributed by atoms with van der Waals surface area (Å²) in [6.07, 6.45) is 3.21. The molecule has 0 atom stereocenters. The fraction of sp³-hybridized carbons (Fsp3) is 0.375. The zero-order chi connectivity index (χ0) is 13.5. The van der Waals surface area contributed by atoms with Crippen LogP contribution in [0.4, 0.5) is 5.82 Å². The zero-order valence-electron chi connectivity index (χ0n) is 11.4. The number of aromatic nitrogens is 1. The highest BCUT2D eigenvalue weighted by molar-refractivity contribution is 5.92. The third-order valence-corrected chi connectivity index (χ3v) is 4.02. The van der Waals surface area contributed by atoms with Gasteiger partial charge in [-0.25, -0.2) is 4.98 Å². The highest BCUT2D eigenvalue weighted by Gasteiger charge is 2.34. The average molecular weight is 254 g/mol. The molecule has 1 fully saturated rings. The lowest BCUT2D eigenvalue weighted by Crippen LogP contribution is -2.39. The summed E-state index contributed by atoms with van der Waals surface area (Å²) in [6.45, 7) is 5.40. The van der Waals surface area contributed by atoms with E-state index in [0.717, 1.165) is 42.4 Å². The van der Waals surface area contributed by atoms with Crippen LogP contribution in [0.3, 0.4) is 0 Å². The molecule has 3 rings (SSSR count). The van der Waals surface area contributed by atoms with Crippen LogP contribution in [-0.2, 0) is 0 Å². The third-order valence-electron chi connectivity index (χ3n) is 4.02. The Morgan fingerprint density at radius 2 is 2.11 bits per heavy atom. The number of fused-ring (bicyclic) bond motifs is 1. The Balaban J connectivity index is 2.19. The van der Waals surface area contributed by atoms with Gasteiger partial charge in [-0.2, -0.15) is 0 Å². The molecule has 3 heteroatoms. The van der Waals surface area contributed by atoms with Crippen molar-refractivity contribution in [3.8, 4) is 0 Å². The Morgan fingerprint density at radius 1 is 1.32 bits per heavy atom. The van der Waals surface area contributed by atoms with Crippen LogP contribution in [0.25, 0.3) is 10.9 Å². The summed E-state index contributed by atoms with van der Waals surface area (Å²) < 4.78 is 0. The van der Waals surface area contributed by atoms with Gasteiger partial charge in [-0.1, -0.05) is 18.2 Å². The normalized spacial score (nSPS) is 17.9. The number of benzene rings is 1. The highest BCUT2D eigenvalue weighted by Crippen LogP contribution is 2.34. The highest BCUT2D eigenvalue weighted by atomic mass is 16.1. The van der Waals surface area contributed by atoms with Gasteiger partial charge in [-0.15, -0.1) is 0 Å². The van der Waals surface area contributed by atoms with E-state index in [9.17, 15) is 4.79 Å². The molecule has 1 aliphatic rings. The lowest BCUT2D eigenvalue weighted by atomic mass is 10.0. The predicted octanol–water partition coefficient (Wildman–Crippen LogP) is 3.43. The van der Waals surface area contributed by atoms with Gasteiger partial charge in [0.05, 0.1) is 11.1 Å². The molecule has 0 radical (unpaired) electrons. The minimum Gasteiger partial charge on any atom is -0.351 e. The van der Waals surface area contributed by atoms with Crippen LogP contribution in [-0.4, -0.2) is 23.4 Å². The molecule has 1 aliphatic heterocycles. The molecule has 0 amide bonds. The standard InChI is InChI=1S/C16H18N2O/c1-16(2)8-5-9-18(16)15-13(11-19)10-12-6-3-4-7-14(12)17-15/h3-4,6-7,10-11H,5,8-9H2,1-2H3. The molecular formula is C16H18N2O. The van der Waals surface area contributed by atoms with Crippen molar-refractivity contribution in [3.05, 3.63) is 35.9 Å². The Bertz CT molecular complexity index is 634. The summed E-state index contributed by atoms with van der Waals surface area (Å²) in [4.78, 5) is 18.4. The molecule has 3 nitrogen and oxygen atoms in total. The number of hydrogen-bond acceptors (Lipinski definition) is 3. The van der Waals surface area contributed by atoms with E-state index in [2.05, 4.69) is 18.7 Å². The number of hydrogen-bond donors (Lipinski definition) is 0. The topological polar surface area (TPSA) is 33.2 Å². The first kappa shape index (κ1) is 12.2. The first-order chi connectivity index (χ1) is 9.12. The first-order valence-electron chi connectivity index (χ1n) is 6.74. The van der Waals surface area contributed by atoms with E-state index >= 15 is 0 Å². The van der Waals surface area contributed by atoms with Crippen LogP contribution in [0.5, 0.6) is 0 Å². The van der Waals surface area contributed by atoms with Crippen molar-refractivity contribution in [2.75, 3.05) is 11.4 Å². The fourth-order valence-corrected chi connectivity index (χ4v) is 2.93. The molecule has 2 heterocycles. The van der Waals surface area contributed by atoms with Crippen molar-refractivity contribution in [2.45, 2.75) is 32.2 Å². The third kappa shape index (κ3) is 1.99. The monoisotopic (exact) mass is 254 g/mol. The lowest BCUT2D eigenvalue weighted by molar-refractivity contribution is 0.112. The summed E-state index contributed by atoms with van der Waals surface area (Å²) in [5, 5.41) is 1.02. The van der Waals surface area contributed by atoms with E-state index in [1.54, 1.807) is 0 Å². The summed E-state index contributed by atoms with van der Waals surface area (Å²) in [5.41, 5.74) is 1.72. The minimum absolute atomic E-state index is 0.0766. The summed E-state index contributed by atoms with van der Waals surface area (Å²) in [6, 6.07) is 9.89. The Kier molecular flexibility index (Phi) is 2.77. The van der Waals surface area contributed by atoms with Crippen LogP contribution >= 0.6 is 0 Å². The van der Waals surface area contributed by atoms with Crippen molar-refractivity contribution < 1.29 is 4.79 Å². The number of carbonyl (C=O) groups is 1. The number of rotatable bonds is 2. The molecule has 2 aromatic rings. The molecule has 0 spiro atoms. The Labute approximate surface area is 113 Å². The Morgan fingerprint density at radius 3 is 2.79 bits per heavy atom. The van der Waals surface area contributed by atoms with Crippen molar-refractivity contribution in [3.63, 3.8) is 0 Å². The summed E-state index contributed by atoms with van der Waals surface area (Å²) in [5.74, 6) is 0.830. The molecule has 1 aromatic heterocycles. The van der Waals surface area contributed by atoms with Gasteiger partial charge in [0.25, 0.3) is 0 Å². The number of carbonyl (C=O) groups excluding carboxylic acids is 1. The second kappa shape index (κ2) is 4.34. The van der Waals surface area contributed by atoms with Crippen LogP contribution in [0, 0.1) is 0 Å². The average Bonchev–Trinajstić information content (AvgIpc) is 2.76. The van der Waals surface area contributed by atoms with Gasteiger partial charge in [0.2, 0.25) is 0 Å². The maximum Gasteiger partial charge on any atom is 0.153 e. The van der Waals surface area contributed by atoms with Gasteiger partial charge in [0.1, 0.15) is 5.82 Å². The van der Waals surface area contributed by atoms with Crippen LogP contribution in [0.15, 0.2) is 30.3 Å². The van der Waals surface area contributed by atoms with Crippen molar-refractivity contribution in [1.82, 2.24) is 4.98 Å². The van der Waals surface area contributed by atoms with E-state index in [1.807, 2.05) is 30.3 Å². The molecule has 98 valence electrons. The van der Waals surface area contributed by atoms with Gasteiger partial charge in [-0.05, 0) is 38.8 Å². The van der Waals surface area contributed by atoms with Gasteiger partial charge >= 0.3 is 0 Å². The molecule has 0 aliphatic carbocycles.